The van der Waals surface area contributed by atoms with Gasteiger partial charge in [0, 0.05) is 17.3 Å². The van der Waals surface area contributed by atoms with Gasteiger partial charge in [-0.3, -0.25) is 0 Å². The minimum atomic E-state index is 0.311. The second-order valence-electron chi connectivity index (χ2n) is 4.40. The van der Waals surface area contributed by atoms with Crippen LogP contribution >= 0.6 is 0 Å². The molecule has 2 N–H and O–H groups in total. The van der Waals surface area contributed by atoms with E-state index in [0.29, 0.717) is 18.8 Å². The number of nitrogens with zero attached hydrogens (tertiary/aromatic N) is 2. The summed E-state index contributed by atoms with van der Waals surface area (Å²) in [6.45, 7) is 2.61. The summed E-state index contributed by atoms with van der Waals surface area (Å²) in [5, 5.41) is 9.00. The van der Waals surface area contributed by atoms with Crippen LogP contribution in [0.4, 0.5) is 0 Å². The highest BCUT2D eigenvalue weighted by atomic mass is 16.5. The maximum Gasteiger partial charge on any atom is 0.147 e. The Morgan fingerprint density at radius 2 is 2.19 bits per heavy atom. The minimum absolute atomic E-state index is 0.311. The molecule has 104 valence electrons. The van der Waals surface area contributed by atoms with Crippen molar-refractivity contribution in [1.82, 2.24) is 4.98 Å². The highest BCUT2D eigenvalue weighted by Gasteiger charge is 2.05. The van der Waals surface area contributed by atoms with Gasteiger partial charge in [-0.15, -0.1) is 0 Å². The van der Waals surface area contributed by atoms with Crippen molar-refractivity contribution in [2.24, 2.45) is 5.73 Å². The lowest BCUT2D eigenvalue weighted by atomic mass is 10.1. The fourth-order valence-corrected chi connectivity index (χ4v) is 1.85. The van der Waals surface area contributed by atoms with Gasteiger partial charge in [-0.2, -0.15) is 5.26 Å². The van der Waals surface area contributed by atoms with Crippen LogP contribution in [-0.4, -0.2) is 11.5 Å². The zero-order chi connectivity index (χ0) is 15.1. The van der Waals surface area contributed by atoms with Gasteiger partial charge in [0.25, 0.3) is 0 Å². The van der Waals surface area contributed by atoms with Gasteiger partial charge in [-0.1, -0.05) is 17.9 Å². The Bertz CT molecular complexity index is 736. The van der Waals surface area contributed by atoms with Crippen LogP contribution in [0.3, 0.4) is 0 Å². The first-order valence-corrected chi connectivity index (χ1v) is 6.51. The Morgan fingerprint density at radius 1 is 1.33 bits per heavy atom. The van der Waals surface area contributed by atoms with E-state index in [2.05, 4.69) is 22.9 Å². The van der Waals surface area contributed by atoms with Gasteiger partial charge >= 0.3 is 0 Å². The first kappa shape index (κ1) is 14.6. The molecule has 0 bridgehead atoms. The minimum Gasteiger partial charge on any atom is -0.489 e. The summed E-state index contributed by atoms with van der Waals surface area (Å²) in [6, 6.07) is 11.4. The van der Waals surface area contributed by atoms with E-state index in [1.54, 1.807) is 12.3 Å². The molecule has 0 aliphatic carbocycles. The molecule has 1 aromatic heterocycles. The number of pyridine rings is 1. The lowest BCUT2D eigenvalue weighted by Crippen LogP contribution is -2.01. The lowest BCUT2D eigenvalue weighted by molar-refractivity contribution is 0.303. The highest BCUT2D eigenvalue weighted by Crippen LogP contribution is 2.20. The van der Waals surface area contributed by atoms with E-state index in [1.807, 2.05) is 31.2 Å². The molecule has 0 saturated carbocycles. The molecule has 0 aliphatic heterocycles. The van der Waals surface area contributed by atoms with Crippen LogP contribution in [0, 0.1) is 30.1 Å². The molecule has 0 spiro atoms. The standard InChI is InChI=1S/C17H15N3O/c1-13-10-14(4-2-8-18)6-7-17(13)21-12-15-5-3-9-20-16(15)11-19/h3,5-7,9-10H,8,12,18H2,1H3. The van der Waals surface area contributed by atoms with E-state index >= 15 is 0 Å². The molecule has 0 radical (unpaired) electrons. The molecular formula is C17H15N3O. The van der Waals surface area contributed by atoms with Crippen LogP contribution in [0.5, 0.6) is 5.75 Å². The van der Waals surface area contributed by atoms with Crippen LogP contribution in [0.15, 0.2) is 36.5 Å². The quantitative estimate of drug-likeness (QED) is 0.873. The molecule has 21 heavy (non-hydrogen) atoms. The predicted octanol–water partition coefficient (Wildman–Crippen LogP) is 2.15. The van der Waals surface area contributed by atoms with Crippen molar-refractivity contribution in [3.8, 4) is 23.7 Å². The second-order valence-corrected chi connectivity index (χ2v) is 4.40. The molecule has 2 rings (SSSR count). The van der Waals surface area contributed by atoms with Crippen LogP contribution in [0.2, 0.25) is 0 Å². The lowest BCUT2D eigenvalue weighted by Gasteiger charge is -2.10. The van der Waals surface area contributed by atoms with Gasteiger partial charge in [-0.05, 0) is 36.8 Å². The van der Waals surface area contributed by atoms with Gasteiger partial charge in [-0.25, -0.2) is 4.98 Å². The molecule has 4 heteroatoms. The molecule has 0 aliphatic rings. The second kappa shape index (κ2) is 7.09. The fraction of sp³-hybridized carbons (Fsp3) is 0.176. The van der Waals surface area contributed by atoms with Crippen molar-refractivity contribution < 1.29 is 4.74 Å². The normalized spacial score (nSPS) is 9.38. The molecule has 0 unspecified atom stereocenters. The average molecular weight is 277 g/mol. The number of nitriles is 1. The summed E-state index contributed by atoms with van der Waals surface area (Å²) in [5.41, 5.74) is 8.41. The summed E-state index contributed by atoms with van der Waals surface area (Å²) < 4.78 is 5.76. The van der Waals surface area contributed by atoms with Crippen molar-refractivity contribution in [1.29, 1.82) is 5.26 Å². The maximum absolute atomic E-state index is 9.00. The zero-order valence-corrected chi connectivity index (χ0v) is 11.8. The molecule has 4 nitrogen and oxygen atoms in total. The molecule has 1 aromatic carbocycles. The third-order valence-corrected chi connectivity index (χ3v) is 2.89. The number of ether oxygens (including phenoxy) is 1. The van der Waals surface area contributed by atoms with Gasteiger partial charge in [0.2, 0.25) is 0 Å². The topological polar surface area (TPSA) is 71.9 Å². The third kappa shape index (κ3) is 3.82. The van der Waals surface area contributed by atoms with Crippen LogP contribution < -0.4 is 10.5 Å². The zero-order valence-electron chi connectivity index (χ0n) is 11.8. The molecule has 2 aromatic rings. The summed E-state index contributed by atoms with van der Waals surface area (Å²) >= 11 is 0. The Balaban J connectivity index is 2.12. The van der Waals surface area contributed by atoms with E-state index in [9.17, 15) is 0 Å². The van der Waals surface area contributed by atoms with Gasteiger partial charge in [0.05, 0.1) is 6.54 Å². The fourth-order valence-electron chi connectivity index (χ4n) is 1.85. The van der Waals surface area contributed by atoms with E-state index < -0.39 is 0 Å². The van der Waals surface area contributed by atoms with Crippen molar-refractivity contribution in [3.63, 3.8) is 0 Å². The summed E-state index contributed by atoms with van der Waals surface area (Å²) in [6.07, 6.45) is 1.60. The average Bonchev–Trinajstić information content (AvgIpc) is 2.52. The van der Waals surface area contributed by atoms with Gasteiger partial charge in [0.15, 0.2) is 0 Å². The van der Waals surface area contributed by atoms with E-state index in [4.69, 9.17) is 15.7 Å². The predicted molar refractivity (Wildman–Crippen MR) is 80.4 cm³/mol. The van der Waals surface area contributed by atoms with Crippen molar-refractivity contribution in [3.05, 3.63) is 58.9 Å². The largest absolute Gasteiger partial charge is 0.489 e. The highest BCUT2D eigenvalue weighted by molar-refractivity contribution is 5.43. The van der Waals surface area contributed by atoms with Gasteiger partial charge < -0.3 is 10.5 Å². The third-order valence-electron chi connectivity index (χ3n) is 2.89. The summed E-state index contributed by atoms with van der Waals surface area (Å²) in [4.78, 5) is 4.01. The van der Waals surface area contributed by atoms with E-state index in [-0.39, 0.29) is 0 Å². The maximum atomic E-state index is 9.00. The molecule has 0 amide bonds. The van der Waals surface area contributed by atoms with Crippen molar-refractivity contribution in [2.45, 2.75) is 13.5 Å². The Morgan fingerprint density at radius 3 is 2.90 bits per heavy atom. The van der Waals surface area contributed by atoms with Gasteiger partial charge in [0.1, 0.15) is 24.1 Å². The number of rotatable bonds is 3. The molecule has 0 saturated heterocycles. The van der Waals surface area contributed by atoms with Crippen molar-refractivity contribution in [2.75, 3.05) is 6.54 Å². The molecule has 0 atom stereocenters. The number of nitrogens with two attached hydrogens (primary N) is 1. The first-order chi connectivity index (χ1) is 10.2. The molecular weight excluding hydrogens is 262 g/mol. The Kier molecular flexibility index (Phi) is 4.93. The van der Waals surface area contributed by atoms with Crippen LogP contribution in [-0.2, 0) is 6.61 Å². The number of benzene rings is 1. The van der Waals surface area contributed by atoms with Crippen LogP contribution in [0.25, 0.3) is 0 Å². The van der Waals surface area contributed by atoms with E-state index in [1.165, 1.54) is 0 Å². The number of hydrogen-bond donors (Lipinski definition) is 1. The Hall–Kier alpha value is -2.82. The smallest absolute Gasteiger partial charge is 0.147 e. The number of hydrogen-bond acceptors (Lipinski definition) is 4. The summed E-state index contributed by atoms with van der Waals surface area (Å²) in [7, 11) is 0. The monoisotopic (exact) mass is 277 g/mol. The Labute approximate surface area is 124 Å². The summed E-state index contributed by atoms with van der Waals surface area (Å²) in [5.74, 6) is 6.56. The van der Waals surface area contributed by atoms with Crippen molar-refractivity contribution >= 4 is 0 Å². The van der Waals surface area contributed by atoms with Crippen LogP contribution in [0.1, 0.15) is 22.4 Å². The number of aryl methyl sites for hydroxylation is 1. The SMILES string of the molecule is Cc1cc(C#CCN)ccc1OCc1cccnc1C#N. The molecule has 0 fully saturated rings. The first-order valence-electron chi connectivity index (χ1n) is 6.51. The molecule has 1 heterocycles. The number of aromatic nitrogens is 1. The van der Waals surface area contributed by atoms with E-state index in [0.717, 1.165) is 22.4 Å².